The first-order valence-corrected chi connectivity index (χ1v) is 11.4. The van der Waals surface area contributed by atoms with Gasteiger partial charge in [0.2, 0.25) is 6.41 Å². The van der Waals surface area contributed by atoms with Crippen LogP contribution in [0.2, 0.25) is 5.02 Å². The van der Waals surface area contributed by atoms with Gasteiger partial charge in [0, 0.05) is 48.7 Å². The quantitative estimate of drug-likeness (QED) is 0.156. The van der Waals surface area contributed by atoms with Gasteiger partial charge in [0.1, 0.15) is 11.6 Å². The average Bonchev–Trinajstić information content (AvgIpc) is 3.34. The van der Waals surface area contributed by atoms with Gasteiger partial charge in [-0.1, -0.05) is 17.7 Å². The van der Waals surface area contributed by atoms with Gasteiger partial charge in [0.15, 0.2) is 0 Å². The number of fused-ring (bicyclic) bond motifs is 1. The van der Waals surface area contributed by atoms with Gasteiger partial charge in [0.05, 0.1) is 22.4 Å². The van der Waals surface area contributed by atoms with Crippen LogP contribution in [0.3, 0.4) is 0 Å². The Morgan fingerprint density at radius 1 is 1.08 bits per heavy atom. The molecule has 1 heterocycles. The molecule has 0 saturated heterocycles. The van der Waals surface area contributed by atoms with Gasteiger partial charge in [-0.25, -0.2) is 4.39 Å². The topological polar surface area (TPSA) is 109 Å². The third-order valence-corrected chi connectivity index (χ3v) is 6.01. The van der Waals surface area contributed by atoms with E-state index >= 15 is 0 Å². The minimum atomic E-state index is -0.531. The number of H-pyrrole nitrogens is 1. The number of benzene rings is 3. The molecule has 0 spiro atoms. The van der Waals surface area contributed by atoms with Crippen LogP contribution in [0.4, 0.5) is 15.8 Å². The van der Waals surface area contributed by atoms with E-state index in [0.717, 1.165) is 11.1 Å². The van der Waals surface area contributed by atoms with Gasteiger partial charge < -0.3 is 28.0 Å². The molecule has 1 aromatic heterocycles. The van der Waals surface area contributed by atoms with Crippen LogP contribution in [0.1, 0.15) is 0 Å². The minimum absolute atomic E-state index is 0. The first kappa shape index (κ1) is 29.2. The number of nitrogens with two attached hydrogens (primary N) is 1. The summed E-state index contributed by atoms with van der Waals surface area (Å²) in [5.74, 6) is -0.647. The normalized spacial score (nSPS) is 10.7. The van der Waals surface area contributed by atoms with E-state index < -0.39 is 5.82 Å². The van der Waals surface area contributed by atoms with E-state index in [0.29, 0.717) is 40.8 Å². The van der Waals surface area contributed by atoms with Gasteiger partial charge >= 0.3 is 0 Å². The van der Waals surface area contributed by atoms with Crippen LogP contribution in [-0.4, -0.2) is 47.3 Å². The molecule has 0 saturated carbocycles. The zero-order valence-corrected chi connectivity index (χ0v) is 24.0. The number of aromatic nitrogens is 2. The molecule has 0 aliphatic heterocycles. The van der Waals surface area contributed by atoms with Gasteiger partial charge in [-0.3, -0.25) is 21.8 Å². The fraction of sp³-hybridized carbons (Fsp3) is 0.111. The number of anilines is 2. The Morgan fingerprint density at radius 3 is 2.37 bits per heavy atom. The zero-order chi connectivity index (χ0) is 26.0. The van der Waals surface area contributed by atoms with Gasteiger partial charge in [-0.2, -0.15) is 5.10 Å². The number of amides is 1. The summed E-state index contributed by atoms with van der Waals surface area (Å²) in [6, 6.07) is 11.0. The first-order valence-electron chi connectivity index (χ1n) is 11.0. The number of carbonyl (C=O) groups is 1. The Morgan fingerprint density at radius 2 is 1.76 bits per heavy atom. The molecule has 1 amide bonds. The molecular formula is C27H27ClEsFN6O2-3. The maximum Gasteiger partial charge on any atom is 0.218 e. The summed E-state index contributed by atoms with van der Waals surface area (Å²) in [5.41, 5.74) is 3.52. The summed E-state index contributed by atoms with van der Waals surface area (Å²) < 4.78 is 14.8. The van der Waals surface area contributed by atoms with E-state index in [2.05, 4.69) is 24.2 Å². The van der Waals surface area contributed by atoms with E-state index in [1.54, 1.807) is 52.7 Å². The average molecular weight is 774 g/mol. The molecule has 4 rings (SSSR count). The number of halogens is 2. The van der Waals surface area contributed by atoms with Crippen molar-refractivity contribution in [3.05, 3.63) is 92.0 Å². The van der Waals surface area contributed by atoms with Crippen LogP contribution < -0.4 is 9.80 Å². The standard InChI is InChI=1S/C27H25ClFN5O2.Es.H2N/c1-5-33(4)26-12-18(11-24-22(26)15-30-31-24)21-14-19(29)13-20(27(21)36)17-6-7-25(23(28)10-17)34(16-35)9-8-32(2)3;;/h6-16,36H,1,4-5H2,2-3H3,(H,30,31);;1H2/q-2;;-1/b9-8-;;. The number of nitrogens with one attached hydrogen (secondary N) is 1. The fourth-order valence-electron chi connectivity index (χ4n) is 3.87. The molecule has 0 aliphatic rings. The summed E-state index contributed by atoms with van der Waals surface area (Å²) in [6.45, 7) is 4.27. The number of aromatic hydroxyl groups is 1. The molecule has 0 aliphatic carbocycles. The van der Waals surface area contributed by atoms with Gasteiger partial charge in [0.25, 0.3) is 0 Å². The number of phenolic OH excluding ortho intramolecular Hbond substituents is 1. The number of carbonyl (C=O) groups excluding carboxylic acids is 1. The molecule has 0 fully saturated rings. The molecule has 0 unspecified atom stereocenters. The van der Waals surface area contributed by atoms with Crippen molar-refractivity contribution in [1.29, 1.82) is 0 Å². The Hall–Kier alpha value is -5.08. The number of hydrogen-bond acceptors (Lipinski definition) is 5. The summed E-state index contributed by atoms with van der Waals surface area (Å²) in [6.07, 6.45) is 5.60. The second kappa shape index (κ2) is 11.8. The van der Waals surface area contributed by atoms with E-state index in [1.165, 1.54) is 17.0 Å². The second-order valence-corrected chi connectivity index (χ2v) is 8.79. The number of rotatable bonds is 8. The third-order valence-electron chi connectivity index (χ3n) is 5.71. The van der Waals surface area contributed by atoms with Crippen LogP contribution in [0.5, 0.6) is 5.75 Å². The van der Waals surface area contributed by atoms with Crippen molar-refractivity contribution in [3.63, 3.8) is 0 Å². The van der Waals surface area contributed by atoms with Crippen molar-refractivity contribution in [2.24, 2.45) is 0 Å². The monoisotopic (exact) mass is 773 g/mol. The number of aromatic amines is 1. The van der Waals surface area contributed by atoms with E-state index in [1.807, 2.05) is 20.2 Å². The van der Waals surface area contributed by atoms with Crippen LogP contribution in [0.25, 0.3) is 39.3 Å². The van der Waals surface area contributed by atoms with Crippen molar-refractivity contribution in [3.8, 4) is 28.0 Å². The summed E-state index contributed by atoms with van der Waals surface area (Å²) in [7, 11) is 7.66. The SMILES string of the molecule is [CH2-]CN([CH2-])c1cc(-c2cc(F)cc(-c3ccc(N(C=O)/C=C\N(C)C)c(Cl)c3)c2O)cc2[nH]ncc12.[Es].[NH2-]. The first-order chi connectivity index (χ1) is 17.2. The van der Waals surface area contributed by atoms with E-state index in [9.17, 15) is 14.3 Å². The Balaban J connectivity index is 0.00000253. The van der Waals surface area contributed by atoms with Gasteiger partial charge in [-0.15, -0.1) is 6.54 Å². The summed E-state index contributed by atoms with van der Waals surface area (Å²) >= 11 is 6.49. The van der Waals surface area contributed by atoms with Crippen molar-refractivity contribution in [1.82, 2.24) is 15.1 Å². The maximum atomic E-state index is 14.8. The molecule has 4 N–H and O–H groups in total. The van der Waals surface area contributed by atoms with Crippen LogP contribution in [-0.2, 0) is 4.79 Å². The minimum Gasteiger partial charge on any atom is -0.693 e. The van der Waals surface area contributed by atoms with Gasteiger partial charge in [-0.05, 0) is 47.5 Å². The van der Waals surface area contributed by atoms with Crippen molar-refractivity contribution < 1.29 is 14.3 Å². The molecule has 0 atom stereocenters. The van der Waals surface area contributed by atoms with E-state index in [-0.39, 0.29) is 22.5 Å². The molecule has 8 nitrogen and oxygen atoms in total. The number of phenols is 1. The summed E-state index contributed by atoms with van der Waals surface area (Å²) in [4.78, 5) is 16.4. The second-order valence-electron chi connectivity index (χ2n) is 8.38. The number of nitrogens with zero attached hydrogens (tertiary/aromatic N) is 4. The Labute approximate surface area is 220 Å². The van der Waals surface area contributed by atoms with Crippen LogP contribution in [0.15, 0.2) is 61.1 Å². The zero-order valence-electron chi connectivity index (χ0n) is 20.8. The van der Waals surface area contributed by atoms with Crippen molar-refractivity contribution >= 4 is 40.3 Å². The largest absolute Gasteiger partial charge is 0.693 e. The fourth-order valence-corrected chi connectivity index (χ4v) is 4.15. The van der Waals surface area contributed by atoms with Crippen molar-refractivity contribution in [2.45, 2.75) is 0 Å². The van der Waals surface area contributed by atoms with E-state index in [4.69, 9.17) is 11.6 Å². The molecular weight excluding hydrogens is 747 g/mol. The molecule has 205 valence electrons. The van der Waals surface area contributed by atoms with Crippen molar-refractivity contribution in [2.75, 3.05) is 30.4 Å². The summed E-state index contributed by atoms with van der Waals surface area (Å²) in [5, 5.41) is 19.3. The molecule has 1 radical (unpaired) electrons. The van der Waals surface area contributed by atoms with Crippen LogP contribution in [0, 0.1) is 19.8 Å². The predicted octanol–water partition coefficient (Wildman–Crippen LogP) is 6.54. The molecule has 3 aromatic carbocycles. The Bertz CT molecular complexity index is 1460. The molecule has 0 bridgehead atoms. The predicted molar refractivity (Wildman–Crippen MR) is 148 cm³/mol. The Kier molecular flexibility index (Phi) is 9.03. The van der Waals surface area contributed by atoms with Crippen LogP contribution >= 0.6 is 11.6 Å². The molecule has 11 heteroatoms. The maximum absolute atomic E-state index is 14.8. The molecule has 4 aromatic rings. The smallest absolute Gasteiger partial charge is 0.218 e. The third kappa shape index (κ3) is 5.50. The molecule has 38 heavy (non-hydrogen) atoms. The number of hydrogen-bond donors (Lipinski definition) is 2.